The fourth-order valence-electron chi connectivity index (χ4n) is 1.63. The second kappa shape index (κ2) is 5.99. The maximum atomic E-state index is 5.77. The molecule has 16 heavy (non-hydrogen) atoms. The number of hydrogen-bond donors (Lipinski definition) is 1. The van der Waals surface area contributed by atoms with Gasteiger partial charge in [-0.05, 0) is 31.2 Å². The minimum atomic E-state index is 0.533. The van der Waals surface area contributed by atoms with E-state index >= 15 is 0 Å². The molecule has 90 valence electrons. The van der Waals surface area contributed by atoms with Crippen LogP contribution >= 0.6 is 11.8 Å². The van der Waals surface area contributed by atoms with Crippen molar-refractivity contribution in [3.63, 3.8) is 0 Å². The zero-order valence-corrected chi connectivity index (χ0v) is 11.3. The molecule has 1 heterocycles. The second-order valence-corrected chi connectivity index (χ2v) is 4.94. The highest BCUT2D eigenvalue weighted by molar-refractivity contribution is 7.98. The lowest BCUT2D eigenvalue weighted by molar-refractivity contribution is 0.666. The zero-order valence-electron chi connectivity index (χ0n) is 10.5. The molecule has 0 aromatic carbocycles. The van der Waals surface area contributed by atoms with Crippen LogP contribution in [0.3, 0.4) is 0 Å². The molecule has 0 bridgehead atoms. The number of rotatable bonds is 5. The largest absolute Gasteiger partial charge is 0.397 e. The van der Waals surface area contributed by atoms with Crippen LogP contribution in [0.5, 0.6) is 0 Å². The van der Waals surface area contributed by atoms with Crippen molar-refractivity contribution in [3.05, 3.63) is 17.8 Å². The van der Waals surface area contributed by atoms with Crippen LogP contribution in [0.1, 0.15) is 18.9 Å². The number of aryl methyl sites for hydroxylation is 1. The first kappa shape index (κ1) is 13.2. The van der Waals surface area contributed by atoms with E-state index < -0.39 is 0 Å². The first-order valence-corrected chi connectivity index (χ1v) is 6.93. The van der Waals surface area contributed by atoms with Crippen LogP contribution in [0.25, 0.3) is 0 Å². The van der Waals surface area contributed by atoms with E-state index in [0.29, 0.717) is 6.04 Å². The minimum absolute atomic E-state index is 0.533. The quantitative estimate of drug-likeness (QED) is 0.857. The number of pyridine rings is 1. The van der Waals surface area contributed by atoms with E-state index in [9.17, 15) is 0 Å². The van der Waals surface area contributed by atoms with Gasteiger partial charge in [0.2, 0.25) is 0 Å². The second-order valence-electron chi connectivity index (χ2n) is 4.03. The molecular weight excluding hydrogens is 218 g/mol. The monoisotopic (exact) mass is 239 g/mol. The third-order valence-corrected chi connectivity index (χ3v) is 3.59. The lowest BCUT2D eigenvalue weighted by atomic mass is 10.2. The van der Waals surface area contributed by atoms with Crippen LogP contribution in [0, 0.1) is 6.92 Å². The maximum Gasteiger partial charge on any atom is 0.128 e. The molecule has 1 rings (SSSR count). The van der Waals surface area contributed by atoms with Crippen LogP contribution in [0.2, 0.25) is 0 Å². The van der Waals surface area contributed by atoms with Crippen molar-refractivity contribution >= 4 is 23.3 Å². The predicted molar refractivity (Wildman–Crippen MR) is 74.3 cm³/mol. The molecule has 0 spiro atoms. The van der Waals surface area contributed by atoms with Gasteiger partial charge in [0, 0.05) is 18.8 Å². The van der Waals surface area contributed by atoms with E-state index in [1.54, 1.807) is 6.20 Å². The van der Waals surface area contributed by atoms with Crippen molar-refractivity contribution in [2.45, 2.75) is 26.3 Å². The summed E-state index contributed by atoms with van der Waals surface area (Å²) in [5, 5.41) is 0. The van der Waals surface area contributed by atoms with E-state index in [1.165, 1.54) is 0 Å². The minimum Gasteiger partial charge on any atom is -0.397 e. The molecule has 0 radical (unpaired) electrons. The van der Waals surface area contributed by atoms with Crippen molar-refractivity contribution in [3.8, 4) is 0 Å². The third-order valence-electron chi connectivity index (χ3n) is 2.88. The Kier molecular flexibility index (Phi) is 4.93. The van der Waals surface area contributed by atoms with Crippen LogP contribution in [-0.2, 0) is 0 Å². The Morgan fingerprint density at radius 1 is 1.56 bits per heavy atom. The summed E-state index contributed by atoms with van der Waals surface area (Å²) in [6.45, 7) is 4.23. The summed E-state index contributed by atoms with van der Waals surface area (Å²) in [5.74, 6) is 2.13. The van der Waals surface area contributed by atoms with Crippen LogP contribution in [-0.4, -0.2) is 30.1 Å². The number of nitrogens with two attached hydrogens (primary N) is 1. The molecule has 4 heteroatoms. The standard InChI is InChI=1S/C12H21N3S/c1-5-10(8-16-4)15(3)12-6-9(2)11(13)7-14-12/h6-7,10H,5,8,13H2,1-4H3. The Bertz CT molecular complexity index is 341. The van der Waals surface area contributed by atoms with Crippen LogP contribution < -0.4 is 10.6 Å². The number of aromatic nitrogens is 1. The van der Waals surface area contributed by atoms with Gasteiger partial charge in [-0.1, -0.05) is 6.92 Å². The summed E-state index contributed by atoms with van der Waals surface area (Å²) in [4.78, 5) is 6.62. The summed E-state index contributed by atoms with van der Waals surface area (Å²) in [6, 6.07) is 2.59. The molecule has 1 unspecified atom stereocenters. The van der Waals surface area contributed by atoms with Gasteiger partial charge < -0.3 is 10.6 Å². The van der Waals surface area contributed by atoms with Crippen molar-refractivity contribution in [2.24, 2.45) is 0 Å². The SMILES string of the molecule is CCC(CSC)N(C)c1cc(C)c(N)cn1. The smallest absolute Gasteiger partial charge is 0.128 e. The summed E-state index contributed by atoms with van der Waals surface area (Å²) in [6.07, 6.45) is 5.01. The fourth-order valence-corrected chi connectivity index (χ4v) is 2.47. The van der Waals surface area contributed by atoms with Gasteiger partial charge in [0.05, 0.1) is 11.9 Å². The van der Waals surface area contributed by atoms with E-state index in [0.717, 1.165) is 29.2 Å². The average molecular weight is 239 g/mol. The fraction of sp³-hybridized carbons (Fsp3) is 0.583. The first-order valence-electron chi connectivity index (χ1n) is 5.54. The summed E-state index contributed by atoms with van der Waals surface area (Å²) in [5.41, 5.74) is 7.62. The molecule has 3 nitrogen and oxygen atoms in total. The summed E-state index contributed by atoms with van der Waals surface area (Å²) in [7, 11) is 2.10. The Hall–Kier alpha value is -0.900. The Labute approximate surface area is 102 Å². The van der Waals surface area contributed by atoms with E-state index in [4.69, 9.17) is 5.73 Å². The van der Waals surface area contributed by atoms with Crippen molar-refractivity contribution in [2.75, 3.05) is 29.7 Å². The molecule has 0 saturated heterocycles. The molecule has 0 amide bonds. The van der Waals surface area contributed by atoms with Crippen LogP contribution in [0.4, 0.5) is 11.5 Å². The molecule has 0 aliphatic rings. The normalized spacial score (nSPS) is 12.5. The van der Waals surface area contributed by atoms with Crippen molar-refractivity contribution in [1.29, 1.82) is 0 Å². The number of nitrogen functional groups attached to an aromatic ring is 1. The van der Waals surface area contributed by atoms with Gasteiger partial charge in [0.1, 0.15) is 5.82 Å². The molecule has 1 aromatic rings. The molecule has 1 atom stereocenters. The Morgan fingerprint density at radius 3 is 2.75 bits per heavy atom. The number of nitrogens with zero attached hydrogens (tertiary/aromatic N) is 2. The maximum absolute atomic E-state index is 5.77. The van der Waals surface area contributed by atoms with Crippen molar-refractivity contribution < 1.29 is 0 Å². The lowest BCUT2D eigenvalue weighted by Crippen LogP contribution is -2.33. The van der Waals surface area contributed by atoms with Gasteiger partial charge in [-0.3, -0.25) is 0 Å². The molecule has 0 aliphatic carbocycles. The lowest BCUT2D eigenvalue weighted by Gasteiger charge is -2.28. The van der Waals surface area contributed by atoms with E-state index in [-0.39, 0.29) is 0 Å². The predicted octanol–water partition coefficient (Wildman–Crippen LogP) is 2.55. The molecule has 0 aliphatic heterocycles. The average Bonchev–Trinajstić information content (AvgIpc) is 2.28. The van der Waals surface area contributed by atoms with Gasteiger partial charge >= 0.3 is 0 Å². The zero-order chi connectivity index (χ0) is 12.1. The topological polar surface area (TPSA) is 42.1 Å². The van der Waals surface area contributed by atoms with Gasteiger partial charge in [-0.15, -0.1) is 0 Å². The van der Waals surface area contributed by atoms with Gasteiger partial charge in [-0.25, -0.2) is 4.98 Å². The van der Waals surface area contributed by atoms with Gasteiger partial charge in [-0.2, -0.15) is 11.8 Å². The van der Waals surface area contributed by atoms with E-state index in [1.807, 2.05) is 18.7 Å². The highest BCUT2D eigenvalue weighted by Gasteiger charge is 2.14. The van der Waals surface area contributed by atoms with Crippen LogP contribution in [0.15, 0.2) is 12.3 Å². The highest BCUT2D eigenvalue weighted by atomic mass is 32.2. The number of hydrogen-bond acceptors (Lipinski definition) is 4. The first-order chi connectivity index (χ1) is 7.60. The van der Waals surface area contributed by atoms with Gasteiger partial charge in [0.25, 0.3) is 0 Å². The molecular formula is C12H21N3S. The van der Waals surface area contributed by atoms with Gasteiger partial charge in [0.15, 0.2) is 0 Å². The van der Waals surface area contributed by atoms with Crippen molar-refractivity contribution in [1.82, 2.24) is 4.98 Å². The molecule has 0 fully saturated rings. The molecule has 1 aromatic heterocycles. The Morgan fingerprint density at radius 2 is 2.25 bits per heavy atom. The number of thioether (sulfide) groups is 1. The Balaban J connectivity index is 2.85. The molecule has 2 N–H and O–H groups in total. The summed E-state index contributed by atoms with van der Waals surface area (Å²) < 4.78 is 0. The van der Waals surface area contributed by atoms with E-state index in [2.05, 4.69) is 36.2 Å². The highest BCUT2D eigenvalue weighted by Crippen LogP contribution is 2.20. The molecule has 0 saturated carbocycles. The third kappa shape index (κ3) is 3.04. The summed E-state index contributed by atoms with van der Waals surface area (Å²) >= 11 is 1.87. The number of anilines is 2.